The summed E-state index contributed by atoms with van der Waals surface area (Å²) in [5.41, 5.74) is 3.59. The normalized spacial score (nSPS) is 12.8. The molecule has 1 aromatic heterocycles. The van der Waals surface area contributed by atoms with Gasteiger partial charge in [0, 0.05) is 18.2 Å². The summed E-state index contributed by atoms with van der Waals surface area (Å²) in [6.07, 6.45) is 1.85. The number of hydrogen-bond acceptors (Lipinski definition) is 4. The van der Waals surface area contributed by atoms with Gasteiger partial charge in [-0.2, -0.15) is 0 Å². The minimum Gasteiger partial charge on any atom is -0.454 e. The van der Waals surface area contributed by atoms with E-state index in [0.717, 1.165) is 16.6 Å². The summed E-state index contributed by atoms with van der Waals surface area (Å²) >= 11 is 0. The van der Waals surface area contributed by atoms with Gasteiger partial charge in [-0.1, -0.05) is 6.07 Å². The lowest BCUT2D eigenvalue weighted by Gasteiger charge is -2.09. The second-order valence-corrected chi connectivity index (χ2v) is 6.32. The van der Waals surface area contributed by atoms with Crippen molar-refractivity contribution in [2.75, 3.05) is 6.79 Å². The van der Waals surface area contributed by atoms with Crippen LogP contribution >= 0.6 is 0 Å². The van der Waals surface area contributed by atoms with Crippen molar-refractivity contribution >= 4 is 16.9 Å². The zero-order valence-electron chi connectivity index (χ0n) is 14.2. The van der Waals surface area contributed by atoms with E-state index in [1.807, 2.05) is 24.5 Å². The maximum atomic E-state index is 12.3. The van der Waals surface area contributed by atoms with Crippen LogP contribution in [0.4, 0.5) is 0 Å². The van der Waals surface area contributed by atoms with Gasteiger partial charge < -0.3 is 19.4 Å². The van der Waals surface area contributed by atoms with Crippen molar-refractivity contribution < 1.29 is 14.3 Å². The molecular formula is C19H19N3O3. The molecule has 2 heterocycles. The smallest absolute Gasteiger partial charge is 0.251 e. The zero-order chi connectivity index (χ0) is 17.4. The monoisotopic (exact) mass is 337 g/mol. The van der Waals surface area contributed by atoms with Gasteiger partial charge in [0.1, 0.15) is 0 Å². The van der Waals surface area contributed by atoms with Crippen molar-refractivity contribution in [1.82, 2.24) is 14.9 Å². The first-order valence-corrected chi connectivity index (χ1v) is 8.25. The van der Waals surface area contributed by atoms with E-state index < -0.39 is 0 Å². The molecule has 0 radical (unpaired) electrons. The first-order chi connectivity index (χ1) is 12.1. The van der Waals surface area contributed by atoms with E-state index in [4.69, 9.17) is 9.47 Å². The number of carbonyl (C=O) groups excluding carboxylic acids is 1. The predicted octanol–water partition coefficient (Wildman–Crippen LogP) is 3.28. The van der Waals surface area contributed by atoms with E-state index in [1.165, 1.54) is 0 Å². The van der Waals surface area contributed by atoms with E-state index >= 15 is 0 Å². The Hall–Kier alpha value is -3.02. The standard InChI is InChI=1S/C19H19N3O3/c1-12(2)22-10-21-15-7-13(3-5-16(15)22)9-20-19(23)14-4-6-17-18(8-14)25-11-24-17/h3-8,10,12H,9,11H2,1-2H3,(H,20,23). The molecule has 3 aromatic rings. The highest BCUT2D eigenvalue weighted by Gasteiger charge is 2.16. The van der Waals surface area contributed by atoms with Crippen LogP contribution in [0, 0.1) is 0 Å². The molecule has 0 saturated carbocycles. The molecule has 6 nitrogen and oxygen atoms in total. The van der Waals surface area contributed by atoms with Gasteiger partial charge >= 0.3 is 0 Å². The van der Waals surface area contributed by atoms with Crippen molar-refractivity contribution in [2.45, 2.75) is 26.4 Å². The van der Waals surface area contributed by atoms with Crippen molar-refractivity contribution in [3.8, 4) is 11.5 Å². The highest BCUT2D eigenvalue weighted by molar-refractivity contribution is 5.95. The molecule has 6 heteroatoms. The van der Waals surface area contributed by atoms with Crippen molar-refractivity contribution in [3.63, 3.8) is 0 Å². The number of aromatic nitrogens is 2. The fraction of sp³-hybridized carbons (Fsp3) is 0.263. The van der Waals surface area contributed by atoms with Gasteiger partial charge in [0.15, 0.2) is 11.5 Å². The third kappa shape index (κ3) is 2.91. The highest BCUT2D eigenvalue weighted by atomic mass is 16.7. The summed E-state index contributed by atoms with van der Waals surface area (Å²) in [5, 5.41) is 2.93. The van der Waals surface area contributed by atoms with Gasteiger partial charge in [-0.05, 0) is 49.7 Å². The van der Waals surface area contributed by atoms with Gasteiger partial charge in [0.25, 0.3) is 5.91 Å². The van der Waals surface area contributed by atoms with Crippen LogP contribution in [0.2, 0.25) is 0 Å². The molecule has 0 bridgehead atoms. The Morgan fingerprint density at radius 2 is 2.04 bits per heavy atom. The highest BCUT2D eigenvalue weighted by Crippen LogP contribution is 2.32. The van der Waals surface area contributed by atoms with E-state index in [1.54, 1.807) is 18.2 Å². The maximum absolute atomic E-state index is 12.3. The molecule has 25 heavy (non-hydrogen) atoms. The molecule has 2 aromatic carbocycles. The third-order valence-corrected chi connectivity index (χ3v) is 4.28. The van der Waals surface area contributed by atoms with Crippen LogP contribution in [0.5, 0.6) is 11.5 Å². The Balaban J connectivity index is 1.47. The van der Waals surface area contributed by atoms with Crippen molar-refractivity contribution in [2.24, 2.45) is 0 Å². The molecule has 4 rings (SSSR count). The average Bonchev–Trinajstić information content (AvgIpc) is 3.24. The van der Waals surface area contributed by atoms with Gasteiger partial charge in [0.05, 0.1) is 17.4 Å². The number of benzene rings is 2. The molecule has 1 aliphatic rings. The molecule has 0 fully saturated rings. The first kappa shape index (κ1) is 15.5. The summed E-state index contributed by atoms with van der Waals surface area (Å²) in [6.45, 7) is 4.89. The number of nitrogens with zero attached hydrogens (tertiary/aromatic N) is 2. The van der Waals surface area contributed by atoms with Crippen molar-refractivity contribution in [1.29, 1.82) is 0 Å². The third-order valence-electron chi connectivity index (χ3n) is 4.28. The van der Waals surface area contributed by atoms with Crippen LogP contribution in [-0.4, -0.2) is 22.3 Å². The zero-order valence-corrected chi connectivity index (χ0v) is 14.2. The molecule has 0 aliphatic carbocycles. The molecule has 128 valence electrons. The summed E-state index contributed by atoms with van der Waals surface area (Å²) in [6, 6.07) is 11.6. The summed E-state index contributed by atoms with van der Waals surface area (Å²) < 4.78 is 12.7. The first-order valence-electron chi connectivity index (χ1n) is 8.25. The molecule has 0 atom stereocenters. The van der Waals surface area contributed by atoms with Crippen molar-refractivity contribution in [3.05, 3.63) is 53.9 Å². The summed E-state index contributed by atoms with van der Waals surface area (Å²) in [5.74, 6) is 1.13. The van der Waals surface area contributed by atoms with E-state index in [0.29, 0.717) is 29.6 Å². The lowest BCUT2D eigenvalue weighted by atomic mass is 10.1. The van der Waals surface area contributed by atoms with E-state index in [9.17, 15) is 4.79 Å². The Labute approximate surface area is 145 Å². The Morgan fingerprint density at radius 3 is 2.88 bits per heavy atom. The van der Waals surface area contributed by atoms with Crippen LogP contribution in [0.3, 0.4) is 0 Å². The molecule has 1 N–H and O–H groups in total. The number of imidazole rings is 1. The predicted molar refractivity (Wildman–Crippen MR) is 93.9 cm³/mol. The van der Waals surface area contributed by atoms with Crippen LogP contribution in [0.25, 0.3) is 11.0 Å². The maximum Gasteiger partial charge on any atom is 0.251 e. The minimum atomic E-state index is -0.147. The lowest BCUT2D eigenvalue weighted by Crippen LogP contribution is -2.22. The Kier molecular flexibility index (Phi) is 3.80. The number of nitrogens with one attached hydrogen (secondary N) is 1. The number of amides is 1. The van der Waals surface area contributed by atoms with Gasteiger partial charge in [-0.3, -0.25) is 4.79 Å². The number of hydrogen-bond donors (Lipinski definition) is 1. The molecular weight excluding hydrogens is 318 g/mol. The fourth-order valence-corrected chi connectivity index (χ4v) is 2.92. The second kappa shape index (κ2) is 6.12. The quantitative estimate of drug-likeness (QED) is 0.793. The van der Waals surface area contributed by atoms with E-state index in [-0.39, 0.29) is 12.7 Å². The van der Waals surface area contributed by atoms with Crippen LogP contribution in [0.1, 0.15) is 35.8 Å². The number of fused-ring (bicyclic) bond motifs is 2. The Morgan fingerprint density at radius 1 is 1.20 bits per heavy atom. The number of carbonyl (C=O) groups is 1. The van der Waals surface area contributed by atoms with Gasteiger partial charge in [0.2, 0.25) is 6.79 Å². The number of ether oxygens (including phenoxy) is 2. The summed E-state index contributed by atoms with van der Waals surface area (Å²) in [7, 11) is 0. The molecule has 0 unspecified atom stereocenters. The fourth-order valence-electron chi connectivity index (χ4n) is 2.92. The SMILES string of the molecule is CC(C)n1cnc2cc(CNC(=O)c3ccc4c(c3)OCO4)ccc21. The molecule has 0 saturated heterocycles. The number of rotatable bonds is 4. The van der Waals surface area contributed by atoms with Crippen LogP contribution < -0.4 is 14.8 Å². The molecule has 1 aliphatic heterocycles. The minimum absolute atomic E-state index is 0.147. The largest absolute Gasteiger partial charge is 0.454 e. The Bertz CT molecular complexity index is 946. The lowest BCUT2D eigenvalue weighted by molar-refractivity contribution is 0.0950. The second-order valence-electron chi connectivity index (χ2n) is 6.32. The molecule has 0 spiro atoms. The average molecular weight is 337 g/mol. The molecule has 1 amide bonds. The van der Waals surface area contributed by atoms with Crippen LogP contribution in [-0.2, 0) is 6.54 Å². The van der Waals surface area contributed by atoms with E-state index in [2.05, 4.69) is 28.7 Å². The van der Waals surface area contributed by atoms with Crippen LogP contribution in [0.15, 0.2) is 42.7 Å². The van der Waals surface area contributed by atoms with Gasteiger partial charge in [-0.25, -0.2) is 4.98 Å². The summed E-state index contributed by atoms with van der Waals surface area (Å²) in [4.78, 5) is 16.8. The van der Waals surface area contributed by atoms with Gasteiger partial charge in [-0.15, -0.1) is 0 Å². The topological polar surface area (TPSA) is 65.4 Å².